The molecule has 2 aromatic carbocycles. The molecule has 0 saturated heterocycles. The number of hydrogen-bond acceptors (Lipinski definition) is 4. The van der Waals surface area contributed by atoms with Gasteiger partial charge in [0.1, 0.15) is 0 Å². The number of nitrogens with one attached hydrogen (secondary N) is 1. The minimum atomic E-state index is -3.61. The quantitative estimate of drug-likeness (QED) is 0.628. The van der Waals surface area contributed by atoms with Crippen LogP contribution in [0.15, 0.2) is 65.6 Å². The van der Waals surface area contributed by atoms with Crippen molar-refractivity contribution in [1.82, 2.24) is 5.48 Å². The van der Waals surface area contributed by atoms with Gasteiger partial charge < -0.3 is 0 Å². The maximum absolute atomic E-state index is 12.4. The molecule has 116 valence electrons. The van der Waals surface area contributed by atoms with Crippen molar-refractivity contribution in [2.24, 2.45) is 5.92 Å². The van der Waals surface area contributed by atoms with E-state index in [9.17, 15) is 13.2 Å². The first-order valence-corrected chi connectivity index (χ1v) is 8.44. The predicted molar refractivity (Wildman–Crippen MR) is 82.1 cm³/mol. The summed E-state index contributed by atoms with van der Waals surface area (Å²) in [7, 11) is -3.61. The third kappa shape index (κ3) is 4.16. The molecule has 1 atom stereocenters. The van der Waals surface area contributed by atoms with Crippen LogP contribution in [0.2, 0.25) is 0 Å². The highest BCUT2D eigenvalue weighted by Crippen LogP contribution is 2.17. The summed E-state index contributed by atoms with van der Waals surface area (Å²) in [4.78, 5) is 12.0. The highest BCUT2D eigenvalue weighted by Gasteiger charge is 2.26. The van der Waals surface area contributed by atoms with Gasteiger partial charge in [-0.25, -0.2) is 13.9 Å². The van der Waals surface area contributed by atoms with Gasteiger partial charge >= 0.3 is 0 Å². The summed E-state index contributed by atoms with van der Waals surface area (Å²) in [5.74, 6) is -1.93. The zero-order valence-corrected chi connectivity index (χ0v) is 12.7. The molecule has 0 aromatic heterocycles. The molecule has 0 radical (unpaired) electrons. The molecule has 2 rings (SSSR count). The number of hydrogen-bond donors (Lipinski definition) is 2. The van der Waals surface area contributed by atoms with Crippen LogP contribution >= 0.6 is 0 Å². The number of sulfone groups is 1. The van der Waals surface area contributed by atoms with Gasteiger partial charge in [0, 0.05) is 0 Å². The maximum Gasteiger partial charge on any atom is 0.247 e. The van der Waals surface area contributed by atoms with Gasteiger partial charge in [-0.3, -0.25) is 10.0 Å². The lowest BCUT2D eigenvalue weighted by molar-refractivity contribution is -0.132. The van der Waals surface area contributed by atoms with Crippen molar-refractivity contribution >= 4 is 15.7 Å². The number of benzene rings is 2. The Morgan fingerprint density at radius 2 is 1.55 bits per heavy atom. The number of amides is 1. The summed E-state index contributed by atoms with van der Waals surface area (Å²) < 4.78 is 24.8. The van der Waals surface area contributed by atoms with E-state index in [4.69, 9.17) is 5.21 Å². The molecule has 0 aliphatic heterocycles. The minimum absolute atomic E-state index is 0.166. The van der Waals surface area contributed by atoms with Gasteiger partial charge in [-0.05, 0) is 24.1 Å². The molecule has 0 bridgehead atoms. The second-order valence-corrected chi connectivity index (χ2v) is 6.99. The molecule has 22 heavy (non-hydrogen) atoms. The largest absolute Gasteiger partial charge is 0.289 e. The molecular weight excluding hydrogens is 302 g/mol. The first-order chi connectivity index (χ1) is 10.5. The molecule has 5 nitrogen and oxygen atoms in total. The molecular formula is C16H17NO4S. The zero-order valence-electron chi connectivity index (χ0n) is 11.8. The van der Waals surface area contributed by atoms with Crippen LogP contribution in [0.1, 0.15) is 5.56 Å². The minimum Gasteiger partial charge on any atom is -0.289 e. The van der Waals surface area contributed by atoms with Crippen LogP contribution in [0.3, 0.4) is 0 Å². The molecule has 2 aromatic rings. The average Bonchev–Trinajstić information content (AvgIpc) is 2.55. The van der Waals surface area contributed by atoms with Gasteiger partial charge in [0.15, 0.2) is 9.84 Å². The normalized spacial score (nSPS) is 12.6. The Balaban J connectivity index is 2.22. The Kier molecular flexibility index (Phi) is 5.30. The van der Waals surface area contributed by atoms with Crippen LogP contribution < -0.4 is 5.48 Å². The van der Waals surface area contributed by atoms with Crippen LogP contribution in [0.4, 0.5) is 0 Å². The highest BCUT2D eigenvalue weighted by molar-refractivity contribution is 7.91. The molecule has 6 heteroatoms. The van der Waals surface area contributed by atoms with E-state index in [1.807, 2.05) is 30.3 Å². The Morgan fingerprint density at radius 1 is 1.00 bits per heavy atom. The molecule has 0 spiro atoms. The Morgan fingerprint density at radius 3 is 2.09 bits per heavy atom. The number of carbonyl (C=O) groups excluding carboxylic acids is 1. The van der Waals surface area contributed by atoms with E-state index in [-0.39, 0.29) is 17.1 Å². The van der Waals surface area contributed by atoms with Crippen LogP contribution in [0.25, 0.3) is 0 Å². The maximum atomic E-state index is 12.4. The molecule has 1 amide bonds. The van der Waals surface area contributed by atoms with Crippen LogP contribution in [-0.2, 0) is 21.1 Å². The number of hydroxylamine groups is 1. The van der Waals surface area contributed by atoms with Crippen molar-refractivity contribution in [2.45, 2.75) is 11.3 Å². The SMILES string of the molecule is O=C(NO)C(Cc1ccccc1)CS(=O)(=O)c1ccccc1. The highest BCUT2D eigenvalue weighted by atomic mass is 32.2. The lowest BCUT2D eigenvalue weighted by atomic mass is 10.0. The fourth-order valence-corrected chi connectivity index (χ4v) is 3.77. The van der Waals surface area contributed by atoms with Crippen LogP contribution in [-0.4, -0.2) is 25.3 Å². The topological polar surface area (TPSA) is 83.5 Å². The number of rotatable bonds is 6. The lowest BCUT2D eigenvalue weighted by Gasteiger charge is -2.15. The van der Waals surface area contributed by atoms with Crippen LogP contribution in [0.5, 0.6) is 0 Å². The first-order valence-electron chi connectivity index (χ1n) is 6.78. The summed E-state index contributed by atoms with van der Waals surface area (Å²) in [5, 5.41) is 8.86. The summed E-state index contributed by atoms with van der Waals surface area (Å²) in [5.41, 5.74) is 2.39. The van der Waals surface area contributed by atoms with Gasteiger partial charge in [0.2, 0.25) is 5.91 Å². The summed E-state index contributed by atoms with van der Waals surface area (Å²) in [6, 6.07) is 17.1. The van der Waals surface area contributed by atoms with Gasteiger partial charge in [-0.15, -0.1) is 0 Å². The van der Waals surface area contributed by atoms with Crippen molar-refractivity contribution in [3.63, 3.8) is 0 Å². The van der Waals surface area contributed by atoms with Crippen molar-refractivity contribution < 1.29 is 18.4 Å². The molecule has 0 saturated carbocycles. The third-order valence-corrected chi connectivity index (χ3v) is 5.16. The van der Waals surface area contributed by atoms with Gasteiger partial charge in [0.25, 0.3) is 0 Å². The average molecular weight is 319 g/mol. The predicted octanol–water partition coefficient (Wildman–Crippen LogP) is 1.82. The van der Waals surface area contributed by atoms with Crippen molar-refractivity contribution in [3.8, 4) is 0 Å². The Labute approximate surface area is 129 Å². The smallest absolute Gasteiger partial charge is 0.247 e. The molecule has 2 N–H and O–H groups in total. The summed E-state index contributed by atoms with van der Waals surface area (Å²) >= 11 is 0. The molecule has 0 fully saturated rings. The second kappa shape index (κ2) is 7.20. The number of carbonyl (C=O) groups is 1. The third-order valence-electron chi connectivity index (χ3n) is 3.33. The fraction of sp³-hybridized carbons (Fsp3) is 0.188. The standard InChI is InChI=1S/C16H17NO4S/c18-16(17-19)14(11-13-7-3-1-4-8-13)12-22(20,21)15-9-5-2-6-10-15/h1-10,14,19H,11-12H2,(H,17,18). The first kappa shape index (κ1) is 16.2. The molecule has 0 heterocycles. The van der Waals surface area contributed by atoms with E-state index in [0.717, 1.165) is 5.56 Å². The van der Waals surface area contributed by atoms with Gasteiger partial charge in [-0.2, -0.15) is 0 Å². The van der Waals surface area contributed by atoms with E-state index in [1.54, 1.807) is 23.7 Å². The van der Waals surface area contributed by atoms with E-state index in [0.29, 0.717) is 0 Å². The van der Waals surface area contributed by atoms with Crippen LogP contribution in [0, 0.1) is 5.92 Å². The fourth-order valence-electron chi connectivity index (χ4n) is 2.21. The van der Waals surface area contributed by atoms with Crippen molar-refractivity contribution in [2.75, 3.05) is 5.75 Å². The lowest BCUT2D eigenvalue weighted by Crippen LogP contribution is -2.34. The van der Waals surface area contributed by atoms with E-state index in [1.165, 1.54) is 12.1 Å². The van der Waals surface area contributed by atoms with E-state index in [2.05, 4.69) is 0 Å². The van der Waals surface area contributed by atoms with Crippen molar-refractivity contribution in [1.29, 1.82) is 0 Å². The van der Waals surface area contributed by atoms with E-state index >= 15 is 0 Å². The zero-order chi connectivity index (χ0) is 16.0. The molecule has 1 unspecified atom stereocenters. The molecule has 0 aliphatic rings. The second-order valence-electron chi connectivity index (χ2n) is 4.96. The summed E-state index contributed by atoms with van der Waals surface area (Å²) in [6.07, 6.45) is 0.235. The van der Waals surface area contributed by atoms with Gasteiger partial charge in [-0.1, -0.05) is 48.5 Å². The Hall–Kier alpha value is -2.18. The van der Waals surface area contributed by atoms with Crippen molar-refractivity contribution in [3.05, 3.63) is 66.2 Å². The summed E-state index contributed by atoms with van der Waals surface area (Å²) in [6.45, 7) is 0. The van der Waals surface area contributed by atoms with Gasteiger partial charge in [0.05, 0.1) is 16.6 Å². The monoisotopic (exact) mass is 319 g/mol. The Bertz CT molecular complexity index is 714. The van der Waals surface area contributed by atoms with E-state index < -0.39 is 21.7 Å². The molecule has 0 aliphatic carbocycles.